The Labute approximate surface area is 127 Å². The number of aliphatic hydroxyl groups excluding tert-OH is 1. The third-order valence-corrected chi connectivity index (χ3v) is 6.63. The smallest absolute Gasteiger partial charge is 0.243 e. The largest absolute Gasteiger partial charge is 0.392 e. The molecule has 0 aromatic heterocycles. The van der Waals surface area contributed by atoms with Crippen molar-refractivity contribution >= 4 is 10.0 Å². The maximum atomic E-state index is 12.8. The molecule has 0 amide bonds. The van der Waals surface area contributed by atoms with Crippen molar-refractivity contribution < 1.29 is 13.5 Å². The molecule has 4 nitrogen and oxygen atoms in total. The molecular formula is C16H25NO3S. The van der Waals surface area contributed by atoms with Crippen molar-refractivity contribution in [2.45, 2.75) is 57.1 Å². The molecule has 0 spiro atoms. The van der Waals surface area contributed by atoms with Gasteiger partial charge in [-0.25, -0.2) is 8.42 Å². The molecule has 1 saturated carbocycles. The molecule has 1 aromatic rings. The van der Waals surface area contributed by atoms with Crippen LogP contribution in [-0.2, 0) is 16.6 Å². The Bertz CT molecular complexity index is 585. The Morgan fingerprint density at radius 1 is 1.24 bits per heavy atom. The predicted octanol–water partition coefficient (Wildman–Crippen LogP) is 2.77. The highest BCUT2D eigenvalue weighted by Gasteiger charge is 2.34. The van der Waals surface area contributed by atoms with Gasteiger partial charge in [0.2, 0.25) is 10.0 Å². The summed E-state index contributed by atoms with van der Waals surface area (Å²) < 4.78 is 27.1. The molecule has 2 rings (SSSR count). The van der Waals surface area contributed by atoms with Crippen LogP contribution >= 0.6 is 0 Å². The summed E-state index contributed by atoms with van der Waals surface area (Å²) in [6.07, 6.45) is 3.87. The maximum absolute atomic E-state index is 12.8. The van der Waals surface area contributed by atoms with Crippen LogP contribution in [0, 0.1) is 5.41 Å². The molecule has 0 saturated heterocycles. The zero-order valence-corrected chi connectivity index (χ0v) is 13.9. The topological polar surface area (TPSA) is 57.6 Å². The lowest BCUT2D eigenvalue weighted by Gasteiger charge is -2.38. The van der Waals surface area contributed by atoms with Crippen molar-refractivity contribution in [1.82, 2.24) is 4.31 Å². The van der Waals surface area contributed by atoms with E-state index in [9.17, 15) is 13.5 Å². The number of nitrogens with zero attached hydrogens (tertiary/aromatic N) is 1. The van der Waals surface area contributed by atoms with Gasteiger partial charge in [0.15, 0.2) is 0 Å². The predicted molar refractivity (Wildman–Crippen MR) is 83.4 cm³/mol. The Morgan fingerprint density at radius 3 is 2.38 bits per heavy atom. The van der Waals surface area contributed by atoms with E-state index in [0.717, 1.165) is 25.7 Å². The first kappa shape index (κ1) is 16.5. The van der Waals surface area contributed by atoms with Gasteiger partial charge in [0.05, 0.1) is 11.5 Å². The van der Waals surface area contributed by atoms with E-state index in [2.05, 4.69) is 13.8 Å². The van der Waals surface area contributed by atoms with Gasteiger partial charge in [-0.3, -0.25) is 0 Å². The Kier molecular flexibility index (Phi) is 4.76. The van der Waals surface area contributed by atoms with Crippen LogP contribution in [0.3, 0.4) is 0 Å². The summed E-state index contributed by atoms with van der Waals surface area (Å²) in [4.78, 5) is 0.222. The van der Waals surface area contributed by atoms with Gasteiger partial charge < -0.3 is 5.11 Å². The molecule has 0 bridgehead atoms. The molecule has 5 heteroatoms. The van der Waals surface area contributed by atoms with Crippen LogP contribution in [-0.4, -0.2) is 30.9 Å². The molecule has 1 N–H and O–H groups in total. The normalized spacial score (nSPS) is 19.9. The molecule has 1 aliphatic carbocycles. The van der Waals surface area contributed by atoms with E-state index in [1.54, 1.807) is 31.3 Å². The summed E-state index contributed by atoms with van der Waals surface area (Å²) >= 11 is 0. The highest BCUT2D eigenvalue weighted by atomic mass is 32.2. The van der Waals surface area contributed by atoms with Crippen LogP contribution in [0.2, 0.25) is 0 Å². The van der Waals surface area contributed by atoms with Gasteiger partial charge in [-0.1, -0.05) is 32.0 Å². The van der Waals surface area contributed by atoms with Gasteiger partial charge in [0, 0.05) is 13.1 Å². The van der Waals surface area contributed by atoms with Crippen LogP contribution in [0.25, 0.3) is 0 Å². The van der Waals surface area contributed by atoms with E-state index in [0.29, 0.717) is 11.0 Å². The number of rotatable bonds is 4. The van der Waals surface area contributed by atoms with Crippen molar-refractivity contribution in [2.75, 3.05) is 7.05 Å². The van der Waals surface area contributed by atoms with Crippen molar-refractivity contribution in [2.24, 2.45) is 5.41 Å². The first-order valence-corrected chi connectivity index (χ1v) is 8.89. The third kappa shape index (κ3) is 3.47. The molecule has 0 heterocycles. The van der Waals surface area contributed by atoms with E-state index < -0.39 is 10.0 Å². The van der Waals surface area contributed by atoms with Crippen molar-refractivity contribution in [3.63, 3.8) is 0 Å². The standard InChI is InChI=1S/C16H25NO3S/c1-16(2)10-8-14(9-11-16)17(3)21(19,20)15-7-5-4-6-13(15)12-18/h4-7,14,18H,8-12H2,1-3H3. The second kappa shape index (κ2) is 6.07. The third-order valence-electron chi connectivity index (χ3n) is 4.62. The molecule has 0 unspecified atom stereocenters. The molecule has 1 aliphatic rings. The summed E-state index contributed by atoms with van der Waals surface area (Å²) in [5, 5.41) is 9.36. The summed E-state index contributed by atoms with van der Waals surface area (Å²) in [6, 6.07) is 6.72. The van der Waals surface area contributed by atoms with E-state index in [1.807, 2.05) is 0 Å². The first-order chi connectivity index (χ1) is 9.78. The monoisotopic (exact) mass is 311 g/mol. The minimum atomic E-state index is -3.55. The van der Waals surface area contributed by atoms with Gasteiger partial charge in [-0.15, -0.1) is 0 Å². The Hall–Kier alpha value is -0.910. The maximum Gasteiger partial charge on any atom is 0.243 e. The number of hydrogen-bond donors (Lipinski definition) is 1. The fraction of sp³-hybridized carbons (Fsp3) is 0.625. The summed E-state index contributed by atoms with van der Waals surface area (Å²) in [6.45, 7) is 4.21. The van der Waals surface area contributed by atoms with E-state index in [1.165, 1.54) is 4.31 Å². The fourth-order valence-electron chi connectivity index (χ4n) is 2.99. The van der Waals surface area contributed by atoms with Gasteiger partial charge >= 0.3 is 0 Å². The average Bonchev–Trinajstić information content (AvgIpc) is 2.46. The minimum absolute atomic E-state index is 0.0507. The molecular weight excluding hydrogens is 286 g/mol. The zero-order valence-electron chi connectivity index (χ0n) is 13.0. The van der Waals surface area contributed by atoms with E-state index >= 15 is 0 Å². The van der Waals surface area contributed by atoms with Crippen molar-refractivity contribution in [1.29, 1.82) is 0 Å². The molecule has 21 heavy (non-hydrogen) atoms. The molecule has 0 aliphatic heterocycles. The van der Waals surface area contributed by atoms with Crippen LogP contribution in [0.5, 0.6) is 0 Å². The molecule has 118 valence electrons. The van der Waals surface area contributed by atoms with Crippen LogP contribution < -0.4 is 0 Å². The van der Waals surface area contributed by atoms with Gasteiger partial charge in [-0.05, 0) is 42.7 Å². The number of sulfonamides is 1. The minimum Gasteiger partial charge on any atom is -0.392 e. The Morgan fingerprint density at radius 2 is 1.81 bits per heavy atom. The van der Waals surface area contributed by atoms with Crippen LogP contribution in [0.4, 0.5) is 0 Å². The zero-order chi connectivity index (χ0) is 15.7. The molecule has 1 aromatic carbocycles. The SMILES string of the molecule is CN(C1CCC(C)(C)CC1)S(=O)(=O)c1ccccc1CO. The lowest BCUT2D eigenvalue weighted by Crippen LogP contribution is -2.41. The van der Waals surface area contributed by atoms with E-state index in [4.69, 9.17) is 0 Å². The number of aliphatic hydroxyl groups is 1. The average molecular weight is 311 g/mol. The lowest BCUT2D eigenvalue weighted by molar-refractivity contribution is 0.174. The fourth-order valence-corrected chi connectivity index (χ4v) is 4.61. The second-order valence-electron chi connectivity index (χ2n) is 6.68. The second-order valence-corrected chi connectivity index (χ2v) is 8.65. The Balaban J connectivity index is 2.23. The summed E-state index contributed by atoms with van der Waals surface area (Å²) in [5.41, 5.74) is 0.768. The molecule has 0 atom stereocenters. The quantitative estimate of drug-likeness (QED) is 0.930. The van der Waals surface area contributed by atoms with Crippen LogP contribution in [0.1, 0.15) is 45.1 Å². The molecule has 0 radical (unpaired) electrons. The van der Waals surface area contributed by atoms with Gasteiger partial charge in [0.25, 0.3) is 0 Å². The van der Waals surface area contributed by atoms with Crippen molar-refractivity contribution in [3.8, 4) is 0 Å². The van der Waals surface area contributed by atoms with Gasteiger partial charge in [0.1, 0.15) is 0 Å². The summed E-state index contributed by atoms with van der Waals surface area (Å²) in [7, 11) is -1.89. The van der Waals surface area contributed by atoms with E-state index in [-0.39, 0.29) is 17.5 Å². The summed E-state index contributed by atoms with van der Waals surface area (Å²) in [5.74, 6) is 0. The molecule has 1 fully saturated rings. The van der Waals surface area contributed by atoms with Crippen LogP contribution in [0.15, 0.2) is 29.2 Å². The number of hydrogen-bond acceptors (Lipinski definition) is 3. The number of benzene rings is 1. The lowest BCUT2D eigenvalue weighted by atomic mass is 9.76. The highest BCUT2D eigenvalue weighted by Crippen LogP contribution is 2.38. The highest BCUT2D eigenvalue weighted by molar-refractivity contribution is 7.89. The van der Waals surface area contributed by atoms with Gasteiger partial charge in [-0.2, -0.15) is 4.31 Å². The first-order valence-electron chi connectivity index (χ1n) is 7.45. The van der Waals surface area contributed by atoms with Crippen molar-refractivity contribution in [3.05, 3.63) is 29.8 Å².